The fraction of sp³-hybridized carbons (Fsp3) is 0.500. The molecular formula is C20H26O3. The van der Waals surface area contributed by atoms with Crippen molar-refractivity contribution < 1.29 is 14.3 Å². The number of rotatable bonds is 9. The van der Waals surface area contributed by atoms with Gasteiger partial charge in [0.1, 0.15) is 0 Å². The normalized spacial score (nSPS) is 13.9. The molecular weight excluding hydrogens is 288 g/mol. The highest BCUT2D eigenvalue weighted by Gasteiger charge is 2.31. The van der Waals surface area contributed by atoms with Crippen LogP contribution in [0.5, 0.6) is 0 Å². The lowest BCUT2D eigenvalue weighted by Gasteiger charge is -2.03. The third-order valence-corrected chi connectivity index (χ3v) is 4.16. The minimum Gasteiger partial charge on any atom is -0.386 e. The van der Waals surface area contributed by atoms with E-state index < -0.39 is 11.9 Å². The first-order chi connectivity index (χ1) is 11.1. The maximum absolute atomic E-state index is 11.7. The van der Waals surface area contributed by atoms with Crippen LogP contribution in [-0.2, 0) is 4.74 Å². The van der Waals surface area contributed by atoms with Gasteiger partial charge in [0, 0.05) is 0 Å². The van der Waals surface area contributed by atoms with Crippen LogP contribution in [0.1, 0.15) is 85.1 Å². The first-order valence-corrected chi connectivity index (χ1v) is 8.65. The minimum absolute atomic E-state index is 0.377. The van der Waals surface area contributed by atoms with Gasteiger partial charge < -0.3 is 4.74 Å². The van der Waals surface area contributed by atoms with Crippen molar-refractivity contribution in [3.8, 4) is 0 Å². The van der Waals surface area contributed by atoms with Gasteiger partial charge in [-0.3, -0.25) is 0 Å². The van der Waals surface area contributed by atoms with Gasteiger partial charge in [0.05, 0.1) is 11.1 Å². The Morgan fingerprint density at radius 2 is 1.74 bits per heavy atom. The zero-order chi connectivity index (χ0) is 16.7. The molecule has 1 heterocycles. The number of esters is 2. The number of ether oxygens (including phenoxy) is 1. The van der Waals surface area contributed by atoms with Crippen LogP contribution in [0.15, 0.2) is 24.3 Å². The Balaban J connectivity index is 1.73. The number of benzene rings is 1. The van der Waals surface area contributed by atoms with Crippen molar-refractivity contribution in [2.45, 2.75) is 58.8 Å². The van der Waals surface area contributed by atoms with Crippen LogP contribution in [0, 0.1) is 5.92 Å². The number of carbonyl (C=O) groups is 2. The smallest absolute Gasteiger partial charge is 0.347 e. The topological polar surface area (TPSA) is 43.4 Å². The lowest BCUT2D eigenvalue weighted by atomic mass is 10.0. The van der Waals surface area contributed by atoms with E-state index in [1.54, 1.807) is 12.1 Å². The van der Waals surface area contributed by atoms with Gasteiger partial charge in [0.2, 0.25) is 0 Å². The Kier molecular flexibility index (Phi) is 6.57. The summed E-state index contributed by atoms with van der Waals surface area (Å²) in [6.07, 6.45) is 12.7. The number of fused-ring (bicyclic) bond motifs is 1. The Labute approximate surface area is 138 Å². The maximum Gasteiger partial charge on any atom is 0.347 e. The molecule has 0 saturated heterocycles. The molecule has 3 nitrogen and oxygen atoms in total. The molecule has 1 aliphatic heterocycles. The van der Waals surface area contributed by atoms with Crippen molar-refractivity contribution >= 4 is 18.0 Å². The monoisotopic (exact) mass is 314 g/mol. The zero-order valence-electron chi connectivity index (χ0n) is 14.1. The summed E-state index contributed by atoms with van der Waals surface area (Å²) < 4.78 is 4.66. The molecule has 0 radical (unpaired) electrons. The Hall–Kier alpha value is -1.90. The largest absolute Gasteiger partial charge is 0.386 e. The van der Waals surface area contributed by atoms with E-state index in [1.165, 1.54) is 32.1 Å². The van der Waals surface area contributed by atoms with Crippen LogP contribution in [0.4, 0.5) is 0 Å². The van der Waals surface area contributed by atoms with Crippen molar-refractivity contribution in [1.82, 2.24) is 0 Å². The number of allylic oxidation sites excluding steroid dienone is 1. The summed E-state index contributed by atoms with van der Waals surface area (Å²) in [5.41, 5.74) is 1.56. The van der Waals surface area contributed by atoms with Crippen molar-refractivity contribution in [3.05, 3.63) is 41.0 Å². The number of hydrogen-bond donors (Lipinski definition) is 0. The third kappa shape index (κ3) is 5.05. The standard InChI is InChI=1S/C20H26O3/c1-15(2)11-8-6-4-3-5-7-9-12-16-13-10-14-17-18(16)20(22)23-19(17)21/h9-10,12-15H,3-8,11H2,1-2H3. The Bertz CT molecular complexity index is 585. The summed E-state index contributed by atoms with van der Waals surface area (Å²) in [5.74, 6) is -0.263. The average molecular weight is 314 g/mol. The molecule has 0 spiro atoms. The molecule has 23 heavy (non-hydrogen) atoms. The van der Waals surface area contributed by atoms with E-state index in [-0.39, 0.29) is 0 Å². The van der Waals surface area contributed by atoms with Crippen LogP contribution < -0.4 is 0 Å². The summed E-state index contributed by atoms with van der Waals surface area (Å²) in [6.45, 7) is 4.54. The molecule has 0 aliphatic carbocycles. The van der Waals surface area contributed by atoms with Crippen molar-refractivity contribution in [2.75, 3.05) is 0 Å². The predicted octanol–water partition coefficient (Wildman–Crippen LogP) is 5.40. The minimum atomic E-state index is -0.540. The van der Waals surface area contributed by atoms with Crippen molar-refractivity contribution in [2.24, 2.45) is 5.92 Å². The Morgan fingerprint density at radius 1 is 1.00 bits per heavy atom. The number of cyclic esters (lactones) is 2. The van der Waals surface area contributed by atoms with Crippen molar-refractivity contribution in [3.63, 3.8) is 0 Å². The van der Waals surface area contributed by atoms with E-state index in [1.807, 2.05) is 12.1 Å². The van der Waals surface area contributed by atoms with E-state index in [2.05, 4.69) is 24.7 Å². The number of hydrogen-bond acceptors (Lipinski definition) is 3. The van der Waals surface area contributed by atoms with E-state index in [9.17, 15) is 9.59 Å². The second kappa shape index (κ2) is 8.66. The average Bonchev–Trinajstić information content (AvgIpc) is 2.81. The molecule has 0 N–H and O–H groups in total. The number of carbonyl (C=O) groups excluding carboxylic acids is 2. The van der Waals surface area contributed by atoms with E-state index in [0.29, 0.717) is 11.1 Å². The highest BCUT2D eigenvalue weighted by molar-refractivity contribution is 6.16. The van der Waals surface area contributed by atoms with Gasteiger partial charge in [-0.25, -0.2) is 9.59 Å². The van der Waals surface area contributed by atoms with Gasteiger partial charge in [-0.05, 0) is 30.4 Å². The molecule has 0 unspecified atom stereocenters. The summed E-state index contributed by atoms with van der Waals surface area (Å²) in [4.78, 5) is 23.2. The second-order valence-corrected chi connectivity index (χ2v) is 6.59. The zero-order valence-corrected chi connectivity index (χ0v) is 14.1. The number of unbranched alkanes of at least 4 members (excludes halogenated alkanes) is 5. The summed E-state index contributed by atoms with van der Waals surface area (Å²) in [5, 5.41) is 0. The predicted molar refractivity (Wildman–Crippen MR) is 92.4 cm³/mol. The third-order valence-electron chi connectivity index (χ3n) is 4.16. The van der Waals surface area contributed by atoms with E-state index >= 15 is 0 Å². The van der Waals surface area contributed by atoms with Gasteiger partial charge in [0.15, 0.2) is 0 Å². The molecule has 0 amide bonds. The van der Waals surface area contributed by atoms with Gasteiger partial charge in [-0.2, -0.15) is 0 Å². The van der Waals surface area contributed by atoms with Gasteiger partial charge >= 0.3 is 11.9 Å². The summed E-state index contributed by atoms with van der Waals surface area (Å²) >= 11 is 0. The van der Waals surface area contributed by atoms with Gasteiger partial charge in [0.25, 0.3) is 0 Å². The fourth-order valence-electron chi connectivity index (χ4n) is 2.85. The maximum atomic E-state index is 11.7. The van der Waals surface area contributed by atoms with Gasteiger partial charge in [-0.1, -0.05) is 70.2 Å². The lowest BCUT2D eigenvalue weighted by Crippen LogP contribution is -1.98. The molecule has 0 aromatic heterocycles. The molecule has 1 aromatic rings. The molecule has 0 saturated carbocycles. The van der Waals surface area contributed by atoms with E-state index in [0.717, 1.165) is 24.3 Å². The fourth-order valence-corrected chi connectivity index (χ4v) is 2.85. The molecule has 0 fully saturated rings. The van der Waals surface area contributed by atoms with Crippen LogP contribution in [-0.4, -0.2) is 11.9 Å². The molecule has 0 atom stereocenters. The van der Waals surface area contributed by atoms with Crippen LogP contribution in [0.25, 0.3) is 6.08 Å². The first-order valence-electron chi connectivity index (χ1n) is 8.65. The van der Waals surface area contributed by atoms with Crippen molar-refractivity contribution in [1.29, 1.82) is 0 Å². The van der Waals surface area contributed by atoms with Crippen LogP contribution in [0.2, 0.25) is 0 Å². The van der Waals surface area contributed by atoms with Gasteiger partial charge in [-0.15, -0.1) is 0 Å². The van der Waals surface area contributed by atoms with Crippen LogP contribution >= 0.6 is 0 Å². The molecule has 0 bridgehead atoms. The molecule has 2 rings (SSSR count). The quantitative estimate of drug-likeness (QED) is 0.348. The lowest BCUT2D eigenvalue weighted by molar-refractivity contribution is 0.0443. The van der Waals surface area contributed by atoms with Crippen LogP contribution in [0.3, 0.4) is 0 Å². The first kappa shape index (κ1) is 17.5. The molecule has 124 valence electrons. The SMILES string of the molecule is CC(C)CCCCCCCC=Cc1cccc2c1C(=O)OC2=O. The molecule has 1 aliphatic rings. The highest BCUT2D eigenvalue weighted by atomic mass is 16.6. The molecule has 1 aromatic carbocycles. The van der Waals surface area contributed by atoms with E-state index in [4.69, 9.17) is 0 Å². The highest BCUT2D eigenvalue weighted by Crippen LogP contribution is 2.24. The Morgan fingerprint density at radius 3 is 2.52 bits per heavy atom. The summed E-state index contributed by atoms with van der Waals surface area (Å²) in [7, 11) is 0. The second-order valence-electron chi connectivity index (χ2n) is 6.59. The molecule has 3 heteroatoms. The summed E-state index contributed by atoms with van der Waals surface area (Å²) in [6, 6.07) is 5.27.